The fourth-order valence-electron chi connectivity index (χ4n) is 2.20. The summed E-state index contributed by atoms with van der Waals surface area (Å²) >= 11 is 6.15. The lowest BCUT2D eigenvalue weighted by molar-refractivity contribution is -0.116. The normalized spacial score (nSPS) is 11.4. The maximum atomic E-state index is 12.4. The number of benzene rings is 2. The molecule has 2 aromatic rings. The molecule has 1 atom stereocenters. The van der Waals surface area contributed by atoms with Crippen LogP contribution in [0.1, 0.15) is 6.92 Å². The Morgan fingerprint density at radius 1 is 1.00 bits per heavy atom. The lowest BCUT2D eigenvalue weighted by Gasteiger charge is -2.18. The molecule has 0 spiro atoms. The van der Waals surface area contributed by atoms with E-state index in [9.17, 15) is 4.79 Å². The van der Waals surface area contributed by atoms with Crippen molar-refractivity contribution in [1.82, 2.24) is 0 Å². The van der Waals surface area contributed by atoms with Crippen molar-refractivity contribution in [2.24, 2.45) is 0 Å². The van der Waals surface area contributed by atoms with Crippen LogP contribution in [-0.4, -0.2) is 33.3 Å². The molecule has 0 aliphatic heterocycles. The molecule has 0 aromatic heterocycles. The van der Waals surface area contributed by atoms with Gasteiger partial charge in [0.05, 0.1) is 32.0 Å². The van der Waals surface area contributed by atoms with Crippen LogP contribution in [0.5, 0.6) is 17.2 Å². The molecular formula is C18H21ClN2O4. The van der Waals surface area contributed by atoms with Crippen molar-refractivity contribution in [3.63, 3.8) is 0 Å². The first kappa shape index (κ1) is 18.7. The van der Waals surface area contributed by atoms with Gasteiger partial charge in [-0.2, -0.15) is 0 Å². The Morgan fingerprint density at radius 2 is 1.64 bits per heavy atom. The Morgan fingerprint density at radius 3 is 2.20 bits per heavy atom. The Labute approximate surface area is 152 Å². The molecule has 0 fully saturated rings. The van der Waals surface area contributed by atoms with E-state index in [2.05, 4.69) is 10.6 Å². The zero-order chi connectivity index (χ0) is 18.4. The van der Waals surface area contributed by atoms with Crippen molar-refractivity contribution in [1.29, 1.82) is 0 Å². The van der Waals surface area contributed by atoms with Crippen molar-refractivity contribution >= 4 is 28.9 Å². The summed E-state index contributed by atoms with van der Waals surface area (Å²) in [6, 6.07) is 9.91. The largest absolute Gasteiger partial charge is 0.497 e. The van der Waals surface area contributed by atoms with E-state index in [1.165, 1.54) is 14.2 Å². The molecule has 6 nitrogen and oxygen atoms in total. The molecule has 0 unspecified atom stereocenters. The van der Waals surface area contributed by atoms with Gasteiger partial charge in [-0.05, 0) is 37.3 Å². The Bertz CT molecular complexity index is 735. The Hall–Kier alpha value is -2.60. The van der Waals surface area contributed by atoms with Crippen LogP contribution in [-0.2, 0) is 4.79 Å². The SMILES string of the molecule is COc1ccc(NC(=O)[C@@H](C)Nc2cc(Cl)c(OC)cc2OC)cc1. The van der Waals surface area contributed by atoms with Gasteiger partial charge in [-0.1, -0.05) is 11.6 Å². The van der Waals surface area contributed by atoms with E-state index in [4.69, 9.17) is 25.8 Å². The number of nitrogens with one attached hydrogen (secondary N) is 2. The summed E-state index contributed by atoms with van der Waals surface area (Å²) in [6.45, 7) is 1.75. The van der Waals surface area contributed by atoms with Gasteiger partial charge in [0.15, 0.2) is 0 Å². The van der Waals surface area contributed by atoms with Gasteiger partial charge >= 0.3 is 0 Å². The average molecular weight is 365 g/mol. The molecular weight excluding hydrogens is 344 g/mol. The molecule has 0 aliphatic rings. The lowest BCUT2D eigenvalue weighted by atomic mass is 10.2. The van der Waals surface area contributed by atoms with Crippen LogP contribution in [0.25, 0.3) is 0 Å². The maximum Gasteiger partial charge on any atom is 0.246 e. The van der Waals surface area contributed by atoms with Crippen LogP contribution in [0.3, 0.4) is 0 Å². The van der Waals surface area contributed by atoms with Crippen molar-refractivity contribution in [3.05, 3.63) is 41.4 Å². The molecule has 0 saturated carbocycles. The van der Waals surface area contributed by atoms with Crippen LogP contribution in [0.4, 0.5) is 11.4 Å². The second-order valence-corrected chi connectivity index (χ2v) is 5.68. The highest BCUT2D eigenvalue weighted by Gasteiger charge is 2.17. The average Bonchev–Trinajstić information content (AvgIpc) is 2.62. The minimum absolute atomic E-state index is 0.195. The number of hydrogen-bond donors (Lipinski definition) is 2. The van der Waals surface area contributed by atoms with Crippen molar-refractivity contribution < 1.29 is 19.0 Å². The third-order valence-electron chi connectivity index (χ3n) is 3.60. The fourth-order valence-corrected chi connectivity index (χ4v) is 2.44. The van der Waals surface area contributed by atoms with E-state index in [1.54, 1.807) is 50.4 Å². The number of ether oxygens (including phenoxy) is 3. The lowest BCUT2D eigenvalue weighted by Crippen LogP contribution is -2.32. The maximum absolute atomic E-state index is 12.4. The second kappa shape index (κ2) is 8.48. The van der Waals surface area contributed by atoms with Crippen molar-refractivity contribution in [3.8, 4) is 17.2 Å². The van der Waals surface area contributed by atoms with Gasteiger partial charge in [0.25, 0.3) is 0 Å². The van der Waals surface area contributed by atoms with Crippen molar-refractivity contribution in [2.75, 3.05) is 32.0 Å². The molecule has 0 saturated heterocycles. The van der Waals surface area contributed by atoms with E-state index in [0.717, 1.165) is 5.75 Å². The number of carbonyl (C=O) groups excluding carboxylic acids is 1. The topological polar surface area (TPSA) is 68.8 Å². The summed E-state index contributed by atoms with van der Waals surface area (Å²) in [7, 11) is 4.65. The second-order valence-electron chi connectivity index (χ2n) is 5.27. The fraction of sp³-hybridized carbons (Fsp3) is 0.278. The van der Waals surface area contributed by atoms with E-state index >= 15 is 0 Å². The summed E-state index contributed by atoms with van der Waals surface area (Å²) in [4.78, 5) is 12.4. The standard InChI is InChI=1S/C18H21ClN2O4/c1-11(18(22)21-12-5-7-13(23-2)8-6-12)20-15-9-14(19)16(24-3)10-17(15)25-4/h5-11,20H,1-4H3,(H,21,22)/t11-/m1/s1. The predicted molar refractivity (Wildman–Crippen MR) is 99.3 cm³/mol. The van der Waals surface area contributed by atoms with E-state index in [1.807, 2.05) is 0 Å². The van der Waals surface area contributed by atoms with Gasteiger partial charge in [-0.15, -0.1) is 0 Å². The van der Waals surface area contributed by atoms with Crippen molar-refractivity contribution in [2.45, 2.75) is 13.0 Å². The monoisotopic (exact) mass is 364 g/mol. The molecule has 0 bridgehead atoms. The molecule has 2 rings (SSSR count). The minimum atomic E-state index is -0.513. The number of methoxy groups -OCH3 is 3. The number of anilines is 2. The minimum Gasteiger partial charge on any atom is -0.497 e. The van der Waals surface area contributed by atoms with Gasteiger partial charge in [0.2, 0.25) is 5.91 Å². The molecule has 2 aromatic carbocycles. The highest BCUT2D eigenvalue weighted by Crippen LogP contribution is 2.36. The molecule has 0 aliphatic carbocycles. The number of amides is 1. The number of carbonyl (C=O) groups is 1. The summed E-state index contributed by atoms with van der Waals surface area (Å²) in [6.07, 6.45) is 0. The van der Waals surface area contributed by atoms with Crippen LogP contribution in [0, 0.1) is 0 Å². The van der Waals surface area contributed by atoms with Gasteiger partial charge in [0.1, 0.15) is 23.3 Å². The van der Waals surface area contributed by atoms with Gasteiger partial charge in [-0.25, -0.2) is 0 Å². The highest BCUT2D eigenvalue weighted by molar-refractivity contribution is 6.32. The Kier molecular flexibility index (Phi) is 6.36. The van der Waals surface area contributed by atoms with Gasteiger partial charge < -0.3 is 24.8 Å². The summed E-state index contributed by atoms with van der Waals surface area (Å²) in [5, 5.41) is 6.35. The third kappa shape index (κ3) is 4.70. The number of hydrogen-bond acceptors (Lipinski definition) is 5. The van der Waals surface area contributed by atoms with E-state index < -0.39 is 6.04 Å². The summed E-state index contributed by atoms with van der Waals surface area (Å²) in [5.41, 5.74) is 1.28. The summed E-state index contributed by atoms with van der Waals surface area (Å²) in [5.74, 6) is 1.56. The first-order chi connectivity index (χ1) is 12.0. The number of rotatable bonds is 7. The molecule has 2 N–H and O–H groups in total. The van der Waals surface area contributed by atoms with Gasteiger partial charge in [0, 0.05) is 11.8 Å². The Balaban J connectivity index is 2.08. The molecule has 134 valence electrons. The molecule has 25 heavy (non-hydrogen) atoms. The van der Waals surface area contributed by atoms with Crippen LogP contribution in [0.15, 0.2) is 36.4 Å². The zero-order valence-corrected chi connectivity index (χ0v) is 15.3. The summed E-state index contributed by atoms with van der Waals surface area (Å²) < 4.78 is 15.6. The quantitative estimate of drug-likeness (QED) is 0.782. The van der Waals surface area contributed by atoms with Crippen LogP contribution in [0.2, 0.25) is 5.02 Å². The third-order valence-corrected chi connectivity index (χ3v) is 3.89. The smallest absolute Gasteiger partial charge is 0.246 e. The molecule has 7 heteroatoms. The predicted octanol–water partition coefficient (Wildman–Crippen LogP) is 3.80. The highest BCUT2D eigenvalue weighted by atomic mass is 35.5. The first-order valence-corrected chi connectivity index (χ1v) is 7.99. The molecule has 0 heterocycles. The first-order valence-electron chi connectivity index (χ1n) is 7.61. The van der Waals surface area contributed by atoms with E-state index in [-0.39, 0.29) is 5.91 Å². The molecule has 0 radical (unpaired) electrons. The number of halogens is 1. The van der Waals surface area contributed by atoms with Crippen LogP contribution < -0.4 is 24.8 Å². The van der Waals surface area contributed by atoms with E-state index in [0.29, 0.717) is 27.9 Å². The molecule has 1 amide bonds. The van der Waals surface area contributed by atoms with Gasteiger partial charge in [-0.3, -0.25) is 4.79 Å². The zero-order valence-electron chi connectivity index (χ0n) is 14.6. The van der Waals surface area contributed by atoms with Crippen LogP contribution >= 0.6 is 11.6 Å².